The van der Waals surface area contributed by atoms with Gasteiger partial charge in [-0.15, -0.1) is 0 Å². The Labute approximate surface area is 199 Å². The molecule has 1 fully saturated rings. The van der Waals surface area contributed by atoms with E-state index in [9.17, 15) is 9.59 Å². The van der Waals surface area contributed by atoms with Crippen LogP contribution in [0.15, 0.2) is 64.0 Å². The summed E-state index contributed by atoms with van der Waals surface area (Å²) in [5.74, 6) is 0.851. The summed E-state index contributed by atoms with van der Waals surface area (Å²) in [4.78, 5) is 27.4. The highest BCUT2D eigenvalue weighted by molar-refractivity contribution is 9.10. The van der Waals surface area contributed by atoms with E-state index < -0.39 is 0 Å². The van der Waals surface area contributed by atoms with Crippen molar-refractivity contribution in [3.63, 3.8) is 0 Å². The van der Waals surface area contributed by atoms with Gasteiger partial charge >= 0.3 is 0 Å². The van der Waals surface area contributed by atoms with Gasteiger partial charge in [-0.05, 0) is 81.6 Å². The maximum atomic E-state index is 13.1. The molecule has 1 heterocycles. The number of ether oxygens (including phenoxy) is 2. The molecule has 0 atom stereocenters. The van der Waals surface area contributed by atoms with Gasteiger partial charge in [0.05, 0.1) is 29.1 Å². The van der Waals surface area contributed by atoms with Crippen molar-refractivity contribution < 1.29 is 19.1 Å². The Morgan fingerprint density at radius 1 is 1.09 bits per heavy atom. The van der Waals surface area contributed by atoms with Gasteiger partial charge in [-0.1, -0.05) is 42.5 Å². The summed E-state index contributed by atoms with van der Waals surface area (Å²) in [6.07, 6.45) is 1.69. The van der Waals surface area contributed by atoms with E-state index in [0.29, 0.717) is 20.9 Å². The van der Waals surface area contributed by atoms with Crippen LogP contribution in [0, 0.1) is 0 Å². The molecule has 0 radical (unpaired) electrons. The number of hydrogen-bond acceptors (Lipinski definition) is 5. The van der Waals surface area contributed by atoms with Crippen molar-refractivity contribution in [3.8, 4) is 11.5 Å². The third-order valence-electron chi connectivity index (χ3n) is 4.99. The van der Waals surface area contributed by atoms with Crippen LogP contribution in [-0.4, -0.2) is 29.3 Å². The maximum Gasteiger partial charge on any atom is 0.293 e. The molecule has 0 bridgehead atoms. The Morgan fingerprint density at radius 3 is 2.59 bits per heavy atom. The van der Waals surface area contributed by atoms with Crippen LogP contribution < -0.4 is 9.47 Å². The summed E-state index contributed by atoms with van der Waals surface area (Å²) in [5, 5.41) is 1.83. The van der Waals surface area contributed by atoms with Crippen LogP contribution in [0.1, 0.15) is 25.0 Å². The van der Waals surface area contributed by atoms with E-state index in [0.717, 1.165) is 33.7 Å². The maximum absolute atomic E-state index is 13.1. The number of benzene rings is 3. The van der Waals surface area contributed by atoms with Gasteiger partial charge in [-0.25, -0.2) is 0 Å². The van der Waals surface area contributed by atoms with E-state index in [1.807, 2.05) is 62.4 Å². The van der Waals surface area contributed by atoms with Gasteiger partial charge in [0.2, 0.25) is 0 Å². The zero-order valence-electron chi connectivity index (χ0n) is 17.9. The number of fused-ring (bicyclic) bond motifs is 1. The molecular weight excluding hydrogens is 490 g/mol. The molecule has 7 heteroatoms. The minimum Gasteiger partial charge on any atom is -0.493 e. The molecule has 1 saturated heterocycles. The van der Waals surface area contributed by atoms with Gasteiger partial charge in [0.15, 0.2) is 11.5 Å². The van der Waals surface area contributed by atoms with E-state index in [4.69, 9.17) is 9.47 Å². The highest BCUT2D eigenvalue weighted by atomic mass is 79.9. The Kier molecular flexibility index (Phi) is 6.58. The molecule has 0 unspecified atom stereocenters. The Bertz CT molecular complexity index is 1230. The van der Waals surface area contributed by atoms with Crippen LogP contribution in [0.4, 0.5) is 4.79 Å². The number of hydrogen-bond donors (Lipinski definition) is 0. The second kappa shape index (κ2) is 9.38. The molecule has 2 amide bonds. The number of carbonyl (C=O) groups excluding carboxylic acids is 2. The summed E-state index contributed by atoms with van der Waals surface area (Å²) in [7, 11) is 1.57. The lowest BCUT2D eigenvalue weighted by Gasteiger charge is -2.16. The number of nitrogens with zero attached hydrogens (tertiary/aromatic N) is 1. The number of halogens is 1. The molecule has 4 rings (SSSR count). The molecule has 0 saturated carbocycles. The smallest absolute Gasteiger partial charge is 0.293 e. The van der Waals surface area contributed by atoms with Gasteiger partial charge in [0, 0.05) is 0 Å². The number of methoxy groups -OCH3 is 1. The molecule has 0 N–H and O–H groups in total. The molecular formula is C25H22BrNO4S. The van der Waals surface area contributed by atoms with E-state index >= 15 is 0 Å². The van der Waals surface area contributed by atoms with E-state index in [2.05, 4.69) is 15.9 Å². The normalized spacial score (nSPS) is 15.3. The molecule has 0 spiro atoms. The second-order valence-corrected chi connectivity index (χ2v) is 9.45. The van der Waals surface area contributed by atoms with Crippen molar-refractivity contribution in [3.05, 3.63) is 75.1 Å². The van der Waals surface area contributed by atoms with Gasteiger partial charge < -0.3 is 9.47 Å². The molecule has 1 aliphatic rings. The third kappa shape index (κ3) is 4.54. The van der Waals surface area contributed by atoms with E-state index in [1.165, 1.54) is 4.90 Å². The van der Waals surface area contributed by atoms with Crippen molar-refractivity contribution in [2.45, 2.75) is 26.5 Å². The van der Waals surface area contributed by atoms with E-state index in [-0.39, 0.29) is 23.8 Å². The van der Waals surface area contributed by atoms with Crippen LogP contribution in [0.25, 0.3) is 16.8 Å². The van der Waals surface area contributed by atoms with Crippen LogP contribution in [-0.2, 0) is 11.3 Å². The molecule has 3 aromatic carbocycles. The average Bonchev–Trinajstić information content (AvgIpc) is 3.02. The van der Waals surface area contributed by atoms with Crippen LogP contribution in [0.5, 0.6) is 11.5 Å². The summed E-state index contributed by atoms with van der Waals surface area (Å²) >= 11 is 4.47. The number of rotatable bonds is 6. The lowest BCUT2D eigenvalue weighted by atomic mass is 10.0. The summed E-state index contributed by atoms with van der Waals surface area (Å²) in [6, 6.07) is 17.5. The molecule has 5 nitrogen and oxygen atoms in total. The zero-order chi connectivity index (χ0) is 22.8. The molecule has 1 aliphatic heterocycles. The number of carbonyl (C=O) groups is 2. The lowest BCUT2D eigenvalue weighted by Crippen LogP contribution is -2.27. The lowest BCUT2D eigenvalue weighted by molar-refractivity contribution is -0.123. The molecule has 32 heavy (non-hydrogen) atoms. The summed E-state index contributed by atoms with van der Waals surface area (Å²) in [6.45, 7) is 4.11. The largest absolute Gasteiger partial charge is 0.493 e. The molecule has 0 aliphatic carbocycles. The standard InChI is InChI=1S/C25H22BrNO4S/c1-15(2)31-23-20(26)11-16(12-21(23)30-3)13-22-24(28)27(25(29)32-22)14-18-9-6-8-17-7-4-5-10-19(17)18/h4-13,15H,14H2,1-3H3/b22-13+. The molecule has 3 aromatic rings. The van der Waals surface area contributed by atoms with Gasteiger partial charge in [-0.2, -0.15) is 0 Å². The molecule has 0 aromatic heterocycles. The van der Waals surface area contributed by atoms with Crippen LogP contribution in [0.2, 0.25) is 0 Å². The monoisotopic (exact) mass is 511 g/mol. The summed E-state index contributed by atoms with van der Waals surface area (Å²) < 4.78 is 12.0. The Balaban J connectivity index is 1.62. The average molecular weight is 512 g/mol. The first-order valence-electron chi connectivity index (χ1n) is 10.1. The van der Waals surface area contributed by atoms with Crippen molar-refractivity contribution in [1.82, 2.24) is 4.90 Å². The quantitative estimate of drug-likeness (QED) is 0.347. The van der Waals surface area contributed by atoms with Crippen molar-refractivity contribution in [2.75, 3.05) is 7.11 Å². The first kappa shape index (κ1) is 22.4. The first-order chi connectivity index (χ1) is 15.4. The first-order valence-corrected chi connectivity index (χ1v) is 11.7. The third-order valence-corrected chi connectivity index (χ3v) is 6.48. The molecule has 164 valence electrons. The number of imide groups is 1. The van der Waals surface area contributed by atoms with Crippen LogP contribution >= 0.6 is 27.7 Å². The fourth-order valence-corrected chi connectivity index (χ4v) is 4.95. The van der Waals surface area contributed by atoms with Gasteiger partial charge in [0.25, 0.3) is 11.1 Å². The number of amides is 2. The van der Waals surface area contributed by atoms with Crippen molar-refractivity contribution >= 4 is 55.7 Å². The van der Waals surface area contributed by atoms with E-state index in [1.54, 1.807) is 19.3 Å². The fraction of sp³-hybridized carbons (Fsp3) is 0.200. The second-order valence-electron chi connectivity index (χ2n) is 7.61. The fourth-order valence-electron chi connectivity index (χ4n) is 3.56. The van der Waals surface area contributed by atoms with Gasteiger partial charge in [0.1, 0.15) is 0 Å². The minimum atomic E-state index is -0.300. The minimum absolute atomic E-state index is 0.0170. The highest BCUT2D eigenvalue weighted by Crippen LogP contribution is 2.40. The highest BCUT2D eigenvalue weighted by Gasteiger charge is 2.35. The van der Waals surface area contributed by atoms with Crippen molar-refractivity contribution in [2.24, 2.45) is 0 Å². The predicted octanol–water partition coefficient (Wildman–Crippen LogP) is 6.63. The zero-order valence-corrected chi connectivity index (χ0v) is 20.3. The van der Waals surface area contributed by atoms with Crippen molar-refractivity contribution in [1.29, 1.82) is 0 Å². The van der Waals surface area contributed by atoms with Crippen LogP contribution in [0.3, 0.4) is 0 Å². The summed E-state index contributed by atoms with van der Waals surface area (Å²) in [5.41, 5.74) is 1.67. The SMILES string of the molecule is COc1cc(/C=C2/SC(=O)N(Cc3cccc4ccccc34)C2=O)cc(Br)c1OC(C)C. The number of thioether (sulfide) groups is 1. The van der Waals surface area contributed by atoms with Gasteiger partial charge in [-0.3, -0.25) is 14.5 Å². The Morgan fingerprint density at radius 2 is 1.84 bits per heavy atom. The topological polar surface area (TPSA) is 55.8 Å². The predicted molar refractivity (Wildman–Crippen MR) is 132 cm³/mol. The Hall–Kier alpha value is -2.77.